The Labute approximate surface area is 183 Å². The van der Waals surface area contributed by atoms with Crippen LogP contribution in [-0.4, -0.2) is 73.4 Å². The Balaban J connectivity index is 1.37. The molecule has 1 unspecified atom stereocenters. The highest BCUT2D eigenvalue weighted by Crippen LogP contribution is 2.33. The van der Waals surface area contributed by atoms with E-state index in [0.717, 1.165) is 19.3 Å². The van der Waals surface area contributed by atoms with Crippen LogP contribution < -0.4 is 0 Å². The highest BCUT2D eigenvalue weighted by Gasteiger charge is 2.34. The number of piperazine rings is 1. The van der Waals surface area contributed by atoms with E-state index in [0.29, 0.717) is 44.2 Å². The molecule has 2 heterocycles. The van der Waals surface area contributed by atoms with E-state index in [9.17, 15) is 13.2 Å². The van der Waals surface area contributed by atoms with Crippen LogP contribution in [0.3, 0.4) is 0 Å². The van der Waals surface area contributed by atoms with Gasteiger partial charge in [-0.2, -0.15) is 4.31 Å². The lowest BCUT2D eigenvalue weighted by atomic mass is 9.87. The van der Waals surface area contributed by atoms with Crippen molar-refractivity contribution < 1.29 is 17.7 Å². The summed E-state index contributed by atoms with van der Waals surface area (Å²) in [6.07, 6.45) is 3.12. The van der Waals surface area contributed by atoms with E-state index in [1.807, 2.05) is 22.9 Å². The Bertz CT molecular complexity index is 1040. The molecule has 1 aromatic carbocycles. The van der Waals surface area contributed by atoms with Crippen LogP contribution in [0.25, 0.3) is 0 Å². The molecule has 1 saturated heterocycles. The maximum atomic E-state index is 13.0. The molecule has 1 aliphatic carbocycles. The predicted molar refractivity (Wildman–Crippen MR) is 116 cm³/mol. The Morgan fingerprint density at radius 1 is 1.19 bits per heavy atom. The Morgan fingerprint density at radius 3 is 2.58 bits per heavy atom. The first-order valence-electron chi connectivity index (χ1n) is 10.8. The fraction of sp³-hybridized carbons (Fsp3) is 0.545. The van der Waals surface area contributed by atoms with E-state index < -0.39 is 10.0 Å². The summed E-state index contributed by atoms with van der Waals surface area (Å²) in [6, 6.07) is 8.48. The second kappa shape index (κ2) is 8.72. The standard InChI is InChI=1S/C22H30N4O4S/c1-16-22(17(2)30-23-16)31(28,29)26-13-11-25(12-14-26)15-21(27)24(3)20-10-6-8-18-7-4-5-9-19(18)20/h4-5,7,9,20H,6,8,10-15H2,1-3H3. The van der Waals surface area contributed by atoms with Gasteiger partial charge in [0.15, 0.2) is 5.76 Å². The minimum absolute atomic E-state index is 0.0729. The van der Waals surface area contributed by atoms with Gasteiger partial charge in [0, 0.05) is 33.2 Å². The molecule has 0 radical (unpaired) electrons. The minimum Gasteiger partial charge on any atom is -0.360 e. The van der Waals surface area contributed by atoms with Gasteiger partial charge in [-0.3, -0.25) is 9.69 Å². The number of rotatable bonds is 5. The van der Waals surface area contributed by atoms with Gasteiger partial charge in [-0.25, -0.2) is 8.42 Å². The second-order valence-electron chi connectivity index (χ2n) is 8.45. The monoisotopic (exact) mass is 446 g/mol. The first kappa shape index (κ1) is 22.0. The third kappa shape index (κ3) is 4.26. The van der Waals surface area contributed by atoms with Gasteiger partial charge in [0.2, 0.25) is 15.9 Å². The summed E-state index contributed by atoms with van der Waals surface area (Å²) in [5.41, 5.74) is 2.96. The van der Waals surface area contributed by atoms with Crippen LogP contribution in [0.1, 0.15) is 41.5 Å². The van der Waals surface area contributed by atoms with Crippen LogP contribution in [0.2, 0.25) is 0 Å². The predicted octanol–water partition coefficient (Wildman–Crippen LogP) is 2.13. The maximum Gasteiger partial charge on any atom is 0.248 e. The normalized spacial score (nSPS) is 20.4. The first-order chi connectivity index (χ1) is 14.8. The number of benzene rings is 1. The molecule has 168 valence electrons. The van der Waals surface area contributed by atoms with Gasteiger partial charge in [-0.1, -0.05) is 29.4 Å². The third-order valence-electron chi connectivity index (χ3n) is 6.45. The molecule has 8 nitrogen and oxygen atoms in total. The number of fused-ring (bicyclic) bond motifs is 1. The number of amides is 1. The van der Waals surface area contributed by atoms with Gasteiger partial charge in [0.25, 0.3) is 0 Å². The highest BCUT2D eigenvalue weighted by molar-refractivity contribution is 7.89. The summed E-state index contributed by atoms with van der Waals surface area (Å²) in [4.78, 5) is 17.1. The van der Waals surface area contributed by atoms with E-state index in [1.165, 1.54) is 15.4 Å². The van der Waals surface area contributed by atoms with Gasteiger partial charge in [-0.15, -0.1) is 0 Å². The van der Waals surface area contributed by atoms with E-state index in [4.69, 9.17) is 4.52 Å². The molecule has 0 N–H and O–H groups in total. The summed E-state index contributed by atoms with van der Waals surface area (Å²) in [7, 11) is -1.76. The molecular formula is C22H30N4O4S. The van der Waals surface area contributed by atoms with Crippen LogP contribution in [0, 0.1) is 13.8 Å². The summed E-state index contributed by atoms with van der Waals surface area (Å²) in [5.74, 6) is 0.383. The number of hydrogen-bond acceptors (Lipinski definition) is 6. The number of nitrogens with zero attached hydrogens (tertiary/aromatic N) is 4. The van der Waals surface area contributed by atoms with Crippen molar-refractivity contribution in [2.45, 2.75) is 44.0 Å². The van der Waals surface area contributed by atoms with Gasteiger partial charge in [0.1, 0.15) is 10.6 Å². The quantitative estimate of drug-likeness (QED) is 0.699. The fourth-order valence-corrected chi connectivity index (χ4v) is 6.42. The molecular weight excluding hydrogens is 416 g/mol. The summed E-state index contributed by atoms with van der Waals surface area (Å²) in [5, 5.41) is 3.77. The Kier molecular flexibility index (Phi) is 6.18. The van der Waals surface area contributed by atoms with Crippen molar-refractivity contribution in [2.24, 2.45) is 0 Å². The number of aryl methyl sites for hydroxylation is 3. The SMILES string of the molecule is Cc1noc(C)c1S(=O)(=O)N1CCN(CC(=O)N(C)C2CCCc3ccccc32)CC1. The molecule has 4 rings (SSSR count). The molecule has 1 aliphatic heterocycles. The van der Waals surface area contributed by atoms with Crippen molar-refractivity contribution in [2.75, 3.05) is 39.8 Å². The van der Waals surface area contributed by atoms with Gasteiger partial charge in [-0.05, 0) is 44.2 Å². The van der Waals surface area contributed by atoms with Crippen LogP contribution in [0.5, 0.6) is 0 Å². The third-order valence-corrected chi connectivity index (χ3v) is 8.60. The minimum atomic E-state index is -3.64. The lowest BCUT2D eigenvalue weighted by Crippen LogP contribution is -2.51. The maximum absolute atomic E-state index is 13.0. The van der Waals surface area contributed by atoms with E-state index in [1.54, 1.807) is 13.8 Å². The summed E-state index contributed by atoms with van der Waals surface area (Å²) in [6.45, 7) is 5.27. The summed E-state index contributed by atoms with van der Waals surface area (Å²) >= 11 is 0. The first-order valence-corrected chi connectivity index (χ1v) is 12.2. The zero-order chi connectivity index (χ0) is 22.2. The van der Waals surface area contributed by atoms with Crippen LogP contribution in [-0.2, 0) is 21.2 Å². The molecule has 2 aromatic rings. The Morgan fingerprint density at radius 2 is 1.90 bits per heavy atom. The number of aromatic nitrogens is 1. The number of carbonyl (C=O) groups excluding carboxylic acids is 1. The Hall–Kier alpha value is -2.23. The van der Waals surface area contributed by atoms with E-state index in [-0.39, 0.29) is 16.8 Å². The molecule has 31 heavy (non-hydrogen) atoms. The lowest BCUT2D eigenvalue weighted by Gasteiger charge is -2.37. The molecule has 1 amide bonds. The van der Waals surface area contributed by atoms with Crippen LogP contribution in [0.15, 0.2) is 33.7 Å². The molecule has 1 atom stereocenters. The van der Waals surface area contributed by atoms with Gasteiger partial charge < -0.3 is 9.42 Å². The molecule has 1 fully saturated rings. The zero-order valence-corrected chi connectivity index (χ0v) is 19.2. The average molecular weight is 447 g/mol. The molecule has 9 heteroatoms. The number of likely N-dealkylation sites (N-methyl/N-ethyl adjacent to an activating group) is 1. The number of hydrogen-bond donors (Lipinski definition) is 0. The van der Waals surface area contributed by atoms with Crippen molar-refractivity contribution in [1.82, 2.24) is 19.3 Å². The second-order valence-corrected chi connectivity index (χ2v) is 10.3. The van der Waals surface area contributed by atoms with Crippen molar-refractivity contribution in [3.05, 3.63) is 46.8 Å². The van der Waals surface area contributed by atoms with E-state index in [2.05, 4.69) is 23.4 Å². The van der Waals surface area contributed by atoms with Gasteiger partial charge >= 0.3 is 0 Å². The zero-order valence-electron chi connectivity index (χ0n) is 18.4. The highest BCUT2D eigenvalue weighted by atomic mass is 32.2. The molecule has 0 saturated carbocycles. The van der Waals surface area contributed by atoms with Gasteiger partial charge in [0.05, 0.1) is 12.6 Å². The topological polar surface area (TPSA) is 87.0 Å². The smallest absolute Gasteiger partial charge is 0.248 e. The van der Waals surface area contributed by atoms with Crippen LogP contribution >= 0.6 is 0 Å². The van der Waals surface area contributed by atoms with Crippen molar-refractivity contribution in [3.8, 4) is 0 Å². The molecule has 0 bridgehead atoms. The van der Waals surface area contributed by atoms with Crippen LogP contribution in [0.4, 0.5) is 0 Å². The summed E-state index contributed by atoms with van der Waals surface area (Å²) < 4.78 is 32.5. The molecule has 2 aliphatic rings. The average Bonchev–Trinajstić information content (AvgIpc) is 3.11. The van der Waals surface area contributed by atoms with Crippen molar-refractivity contribution >= 4 is 15.9 Å². The number of sulfonamides is 1. The van der Waals surface area contributed by atoms with Crippen molar-refractivity contribution in [3.63, 3.8) is 0 Å². The van der Waals surface area contributed by atoms with E-state index >= 15 is 0 Å². The number of carbonyl (C=O) groups is 1. The van der Waals surface area contributed by atoms with Crippen molar-refractivity contribution in [1.29, 1.82) is 0 Å². The fourth-order valence-electron chi connectivity index (χ4n) is 4.71. The largest absolute Gasteiger partial charge is 0.360 e. The molecule has 0 spiro atoms. The molecule has 1 aromatic heterocycles. The lowest BCUT2D eigenvalue weighted by molar-refractivity contribution is -0.133.